The van der Waals surface area contributed by atoms with Crippen LogP contribution < -0.4 is 11.1 Å². The maximum atomic E-state index is 12.1. The van der Waals surface area contributed by atoms with E-state index in [-0.39, 0.29) is 5.91 Å². The number of carbonyl (C=O) groups excluding carboxylic acids is 1. The smallest absolute Gasteiger partial charge is 0.237 e. The van der Waals surface area contributed by atoms with E-state index in [4.69, 9.17) is 5.73 Å². The average molecular weight is 303 g/mol. The molecule has 1 aliphatic rings. The van der Waals surface area contributed by atoms with E-state index in [2.05, 4.69) is 24.1 Å². The van der Waals surface area contributed by atoms with Gasteiger partial charge in [0.2, 0.25) is 5.91 Å². The number of hydrogen-bond donors (Lipinski definition) is 2. The monoisotopic (exact) mass is 303 g/mol. The van der Waals surface area contributed by atoms with E-state index >= 15 is 0 Å². The Morgan fingerprint density at radius 2 is 2.14 bits per heavy atom. The number of nitrogens with two attached hydrogens (primary N) is 1. The standard InChI is InChI=1S/C18H29N3O/c1-14-7-6-10-21(13-14)15(2)12-20-18(22)17(19)11-16-8-4-3-5-9-16/h3-5,8-9,14-15,17H,6-7,10-13,19H2,1-2H3,(H,20,22). The summed E-state index contributed by atoms with van der Waals surface area (Å²) in [4.78, 5) is 14.6. The summed E-state index contributed by atoms with van der Waals surface area (Å²) in [7, 11) is 0. The molecule has 1 heterocycles. The summed E-state index contributed by atoms with van der Waals surface area (Å²) in [6, 6.07) is 9.82. The highest BCUT2D eigenvalue weighted by molar-refractivity contribution is 5.81. The van der Waals surface area contributed by atoms with Crippen LogP contribution in [-0.4, -0.2) is 42.5 Å². The number of nitrogens with zero attached hydrogens (tertiary/aromatic N) is 1. The van der Waals surface area contributed by atoms with Crippen molar-refractivity contribution < 1.29 is 4.79 Å². The van der Waals surface area contributed by atoms with E-state index in [1.807, 2.05) is 30.3 Å². The number of amides is 1. The number of nitrogens with one attached hydrogen (secondary N) is 1. The molecule has 1 aliphatic heterocycles. The zero-order chi connectivity index (χ0) is 15.9. The van der Waals surface area contributed by atoms with Gasteiger partial charge in [-0.1, -0.05) is 37.3 Å². The number of likely N-dealkylation sites (tertiary alicyclic amines) is 1. The van der Waals surface area contributed by atoms with Crippen molar-refractivity contribution in [3.8, 4) is 0 Å². The summed E-state index contributed by atoms with van der Waals surface area (Å²) in [5.41, 5.74) is 7.11. The van der Waals surface area contributed by atoms with Crippen LogP contribution in [-0.2, 0) is 11.2 Å². The predicted octanol–water partition coefficient (Wildman–Crippen LogP) is 1.79. The second-order valence-electron chi connectivity index (χ2n) is 6.63. The molecule has 22 heavy (non-hydrogen) atoms. The maximum Gasteiger partial charge on any atom is 0.237 e. The van der Waals surface area contributed by atoms with Gasteiger partial charge in [0.15, 0.2) is 0 Å². The summed E-state index contributed by atoms with van der Waals surface area (Å²) in [5, 5.41) is 3.01. The van der Waals surface area contributed by atoms with Crippen LogP contribution in [0.2, 0.25) is 0 Å². The maximum absolute atomic E-state index is 12.1. The van der Waals surface area contributed by atoms with Crippen molar-refractivity contribution in [2.75, 3.05) is 19.6 Å². The molecule has 3 atom stereocenters. The molecule has 0 aliphatic carbocycles. The number of benzene rings is 1. The molecule has 2 rings (SSSR count). The van der Waals surface area contributed by atoms with Gasteiger partial charge >= 0.3 is 0 Å². The van der Waals surface area contributed by atoms with Gasteiger partial charge in [-0.2, -0.15) is 0 Å². The van der Waals surface area contributed by atoms with E-state index in [0.29, 0.717) is 19.0 Å². The minimum Gasteiger partial charge on any atom is -0.353 e. The van der Waals surface area contributed by atoms with Gasteiger partial charge in [0.1, 0.15) is 0 Å². The molecule has 1 amide bonds. The van der Waals surface area contributed by atoms with Crippen molar-refractivity contribution >= 4 is 5.91 Å². The Balaban J connectivity index is 1.74. The zero-order valence-corrected chi connectivity index (χ0v) is 13.8. The zero-order valence-electron chi connectivity index (χ0n) is 13.8. The number of carbonyl (C=O) groups is 1. The first-order valence-corrected chi connectivity index (χ1v) is 8.37. The fourth-order valence-electron chi connectivity index (χ4n) is 3.10. The van der Waals surface area contributed by atoms with Crippen molar-refractivity contribution in [3.63, 3.8) is 0 Å². The van der Waals surface area contributed by atoms with E-state index in [1.54, 1.807) is 0 Å². The van der Waals surface area contributed by atoms with Crippen molar-refractivity contribution in [3.05, 3.63) is 35.9 Å². The van der Waals surface area contributed by atoms with E-state index in [9.17, 15) is 4.79 Å². The normalized spacial score (nSPS) is 22.0. The van der Waals surface area contributed by atoms with Gasteiger partial charge in [0.25, 0.3) is 0 Å². The largest absolute Gasteiger partial charge is 0.353 e. The van der Waals surface area contributed by atoms with Gasteiger partial charge in [-0.15, -0.1) is 0 Å². The molecule has 1 saturated heterocycles. The van der Waals surface area contributed by atoms with Gasteiger partial charge in [-0.3, -0.25) is 9.69 Å². The van der Waals surface area contributed by atoms with Gasteiger partial charge in [0, 0.05) is 19.1 Å². The van der Waals surface area contributed by atoms with Crippen molar-refractivity contribution in [2.45, 2.75) is 45.2 Å². The summed E-state index contributed by atoms with van der Waals surface area (Å²) in [5.74, 6) is 0.702. The van der Waals surface area contributed by atoms with E-state index in [0.717, 1.165) is 24.6 Å². The third kappa shape index (κ3) is 5.11. The first-order valence-electron chi connectivity index (χ1n) is 8.37. The van der Waals surface area contributed by atoms with Crippen molar-refractivity contribution in [1.29, 1.82) is 0 Å². The number of hydrogen-bond acceptors (Lipinski definition) is 3. The Hall–Kier alpha value is -1.39. The number of rotatable bonds is 6. The first-order chi connectivity index (χ1) is 10.6. The van der Waals surface area contributed by atoms with Crippen LogP contribution in [0.3, 0.4) is 0 Å². The van der Waals surface area contributed by atoms with Crippen LogP contribution >= 0.6 is 0 Å². The summed E-state index contributed by atoms with van der Waals surface area (Å²) in [6.45, 7) is 7.42. The van der Waals surface area contributed by atoms with Gasteiger partial charge in [0.05, 0.1) is 6.04 Å². The van der Waals surface area contributed by atoms with E-state index in [1.165, 1.54) is 12.8 Å². The first kappa shape index (κ1) is 17.0. The summed E-state index contributed by atoms with van der Waals surface area (Å²) >= 11 is 0. The second kappa shape index (κ2) is 8.30. The van der Waals surface area contributed by atoms with Gasteiger partial charge in [-0.25, -0.2) is 0 Å². The molecular weight excluding hydrogens is 274 g/mol. The molecule has 0 bridgehead atoms. The van der Waals surface area contributed by atoms with Crippen LogP contribution in [0.5, 0.6) is 0 Å². The van der Waals surface area contributed by atoms with Crippen LogP contribution in [0.15, 0.2) is 30.3 Å². The lowest BCUT2D eigenvalue weighted by Crippen LogP contribution is -2.49. The highest BCUT2D eigenvalue weighted by Gasteiger charge is 2.22. The average Bonchev–Trinajstić information content (AvgIpc) is 2.53. The molecule has 1 aromatic rings. The lowest BCUT2D eigenvalue weighted by Gasteiger charge is -2.35. The molecule has 1 fully saturated rings. The Morgan fingerprint density at radius 1 is 1.41 bits per heavy atom. The predicted molar refractivity (Wildman–Crippen MR) is 90.6 cm³/mol. The van der Waals surface area contributed by atoms with Crippen molar-refractivity contribution in [1.82, 2.24) is 10.2 Å². The SMILES string of the molecule is CC1CCCN(C(C)CNC(=O)C(N)Cc2ccccc2)C1. The summed E-state index contributed by atoms with van der Waals surface area (Å²) in [6.07, 6.45) is 3.16. The molecule has 0 spiro atoms. The molecule has 1 aromatic carbocycles. The lowest BCUT2D eigenvalue weighted by molar-refractivity contribution is -0.122. The van der Waals surface area contributed by atoms with Crippen molar-refractivity contribution in [2.24, 2.45) is 11.7 Å². The molecule has 3 N–H and O–H groups in total. The van der Waals surface area contributed by atoms with E-state index < -0.39 is 6.04 Å². The minimum absolute atomic E-state index is 0.0549. The molecule has 3 unspecified atom stereocenters. The van der Waals surface area contributed by atoms with Gasteiger partial charge < -0.3 is 11.1 Å². The molecule has 122 valence electrons. The Bertz CT molecular complexity index is 463. The highest BCUT2D eigenvalue weighted by Crippen LogP contribution is 2.17. The van der Waals surface area contributed by atoms with Gasteiger partial charge in [-0.05, 0) is 44.2 Å². The number of piperidine rings is 1. The third-order valence-electron chi connectivity index (χ3n) is 4.52. The summed E-state index contributed by atoms with van der Waals surface area (Å²) < 4.78 is 0. The lowest BCUT2D eigenvalue weighted by atomic mass is 9.99. The topological polar surface area (TPSA) is 58.4 Å². The fourth-order valence-corrected chi connectivity index (χ4v) is 3.10. The Labute approximate surface area is 134 Å². The minimum atomic E-state index is -0.477. The van der Waals surface area contributed by atoms with Crippen LogP contribution in [0.25, 0.3) is 0 Å². The Morgan fingerprint density at radius 3 is 2.82 bits per heavy atom. The molecule has 4 nitrogen and oxygen atoms in total. The van der Waals surface area contributed by atoms with Crippen LogP contribution in [0.1, 0.15) is 32.3 Å². The third-order valence-corrected chi connectivity index (χ3v) is 4.52. The molecule has 4 heteroatoms. The highest BCUT2D eigenvalue weighted by atomic mass is 16.2. The molecule has 0 saturated carbocycles. The Kier molecular flexibility index (Phi) is 6.40. The molecule has 0 radical (unpaired) electrons. The second-order valence-corrected chi connectivity index (χ2v) is 6.63. The molecule has 0 aromatic heterocycles. The quantitative estimate of drug-likeness (QED) is 0.842. The van der Waals surface area contributed by atoms with Crippen LogP contribution in [0.4, 0.5) is 0 Å². The fraction of sp³-hybridized carbons (Fsp3) is 0.611. The van der Waals surface area contributed by atoms with Crippen LogP contribution in [0, 0.1) is 5.92 Å². The molecular formula is C18H29N3O.